The normalized spacial score (nSPS) is 19.6. The number of ether oxygens (including phenoxy) is 1. The molecule has 0 bridgehead atoms. The van der Waals surface area contributed by atoms with Crippen molar-refractivity contribution in [2.24, 2.45) is 11.8 Å². The lowest BCUT2D eigenvalue weighted by atomic mass is 9.85. The number of aromatic nitrogens is 1. The summed E-state index contributed by atoms with van der Waals surface area (Å²) < 4.78 is 5.24. The smallest absolute Gasteiger partial charge is 0.229 e. The van der Waals surface area contributed by atoms with E-state index in [1.54, 1.807) is 0 Å². The van der Waals surface area contributed by atoms with Crippen LogP contribution in [-0.4, -0.2) is 42.3 Å². The van der Waals surface area contributed by atoms with Crippen LogP contribution >= 0.6 is 11.3 Å². The number of nitrogens with one attached hydrogen (secondary N) is 2. The van der Waals surface area contributed by atoms with Crippen LogP contribution in [0.25, 0.3) is 0 Å². The molecule has 142 valence electrons. The van der Waals surface area contributed by atoms with E-state index in [0.717, 1.165) is 25.7 Å². The van der Waals surface area contributed by atoms with E-state index >= 15 is 0 Å². The summed E-state index contributed by atoms with van der Waals surface area (Å²) in [4.78, 5) is 41.7. The molecule has 0 aliphatic heterocycles. The first-order valence-electron chi connectivity index (χ1n) is 9.27. The lowest BCUT2D eigenvalue weighted by Crippen LogP contribution is -2.36. The Kier molecular flexibility index (Phi) is 6.37. The molecule has 3 rings (SSSR count). The van der Waals surface area contributed by atoms with Crippen LogP contribution < -0.4 is 10.6 Å². The van der Waals surface area contributed by atoms with Gasteiger partial charge in [0.15, 0.2) is 10.9 Å². The van der Waals surface area contributed by atoms with Gasteiger partial charge in [0.2, 0.25) is 11.8 Å². The molecule has 1 aromatic rings. The number of hydrogen-bond donors (Lipinski definition) is 2. The highest BCUT2D eigenvalue weighted by Gasteiger charge is 2.33. The van der Waals surface area contributed by atoms with Gasteiger partial charge in [0.25, 0.3) is 0 Å². The number of Topliss-reactive ketones (excluding diaryl/α,β-unsaturated/α-hetero) is 1. The van der Waals surface area contributed by atoms with Gasteiger partial charge in [-0.1, -0.05) is 17.8 Å². The summed E-state index contributed by atoms with van der Waals surface area (Å²) in [7, 11) is 0. The second kappa shape index (κ2) is 8.73. The number of ketones is 1. The van der Waals surface area contributed by atoms with Gasteiger partial charge < -0.3 is 15.4 Å². The SMILES string of the molecule is CCOCCCNC(=O)[C@@H]1CC(=O)c2sc(NC(=O)C3CCC3)nc2C1. The maximum Gasteiger partial charge on any atom is 0.229 e. The molecule has 0 unspecified atom stereocenters. The fraction of sp³-hybridized carbons (Fsp3) is 0.667. The van der Waals surface area contributed by atoms with E-state index in [9.17, 15) is 14.4 Å². The number of rotatable bonds is 8. The van der Waals surface area contributed by atoms with Crippen molar-refractivity contribution in [1.82, 2.24) is 10.3 Å². The van der Waals surface area contributed by atoms with Crippen molar-refractivity contribution in [1.29, 1.82) is 0 Å². The van der Waals surface area contributed by atoms with Crippen LogP contribution in [0.5, 0.6) is 0 Å². The average Bonchev–Trinajstić information content (AvgIpc) is 2.95. The molecule has 0 spiro atoms. The minimum absolute atomic E-state index is 0.0154. The highest BCUT2D eigenvalue weighted by atomic mass is 32.1. The topological polar surface area (TPSA) is 97.4 Å². The molecule has 8 heteroatoms. The summed E-state index contributed by atoms with van der Waals surface area (Å²) in [5.74, 6) is -0.518. The standard InChI is InChI=1S/C18H25N3O4S/c1-2-25-8-4-7-19-16(23)12-9-13-15(14(22)10-12)26-18(20-13)21-17(24)11-5-3-6-11/h11-12H,2-10H2,1H3,(H,19,23)(H,20,21,24)/t12-/m0/s1. The zero-order valence-corrected chi connectivity index (χ0v) is 15.8. The molecular weight excluding hydrogens is 354 g/mol. The molecule has 2 aliphatic carbocycles. The molecule has 2 amide bonds. The van der Waals surface area contributed by atoms with Crippen molar-refractivity contribution < 1.29 is 19.1 Å². The average molecular weight is 379 g/mol. The first-order chi connectivity index (χ1) is 12.6. The summed E-state index contributed by atoms with van der Waals surface area (Å²) in [5, 5.41) is 6.16. The molecule has 1 heterocycles. The molecule has 2 N–H and O–H groups in total. The Morgan fingerprint density at radius 1 is 1.23 bits per heavy atom. The second-order valence-corrected chi connectivity index (χ2v) is 7.78. The van der Waals surface area contributed by atoms with Gasteiger partial charge in [0.1, 0.15) is 0 Å². The van der Waals surface area contributed by atoms with Crippen molar-refractivity contribution >= 4 is 34.1 Å². The van der Waals surface area contributed by atoms with Gasteiger partial charge in [0, 0.05) is 38.5 Å². The Hall–Kier alpha value is -1.80. The number of anilines is 1. The van der Waals surface area contributed by atoms with Crippen LogP contribution in [-0.2, 0) is 20.7 Å². The Bertz CT molecular complexity index is 684. The molecule has 0 saturated heterocycles. The molecule has 0 radical (unpaired) electrons. The van der Waals surface area contributed by atoms with Crippen LogP contribution in [0.3, 0.4) is 0 Å². The van der Waals surface area contributed by atoms with Crippen LogP contribution in [0.2, 0.25) is 0 Å². The van der Waals surface area contributed by atoms with E-state index in [-0.39, 0.29) is 35.9 Å². The zero-order valence-electron chi connectivity index (χ0n) is 15.0. The molecule has 1 saturated carbocycles. The number of thiazole rings is 1. The minimum Gasteiger partial charge on any atom is -0.382 e. The van der Waals surface area contributed by atoms with Gasteiger partial charge in [-0.3, -0.25) is 14.4 Å². The number of carbonyl (C=O) groups excluding carboxylic acids is 3. The van der Waals surface area contributed by atoms with Gasteiger partial charge in [-0.15, -0.1) is 0 Å². The first kappa shape index (κ1) is 19.0. The Morgan fingerprint density at radius 3 is 2.73 bits per heavy atom. The molecular formula is C18H25N3O4S. The Labute approximate surface area is 156 Å². The van der Waals surface area contributed by atoms with E-state index < -0.39 is 0 Å². The lowest BCUT2D eigenvalue weighted by molar-refractivity contribution is -0.125. The van der Waals surface area contributed by atoms with E-state index in [2.05, 4.69) is 15.6 Å². The van der Waals surface area contributed by atoms with Crippen LogP contribution in [0.1, 0.15) is 54.4 Å². The van der Waals surface area contributed by atoms with Crippen LogP contribution in [0.15, 0.2) is 0 Å². The summed E-state index contributed by atoms with van der Waals surface area (Å²) in [6.45, 7) is 3.74. The third kappa shape index (κ3) is 4.48. The quantitative estimate of drug-likeness (QED) is 0.675. The summed E-state index contributed by atoms with van der Waals surface area (Å²) >= 11 is 1.22. The molecule has 0 aromatic carbocycles. The van der Waals surface area contributed by atoms with Crippen molar-refractivity contribution in [2.75, 3.05) is 25.1 Å². The van der Waals surface area contributed by atoms with E-state index in [0.29, 0.717) is 41.9 Å². The van der Waals surface area contributed by atoms with Crippen molar-refractivity contribution in [2.45, 2.75) is 45.4 Å². The Morgan fingerprint density at radius 2 is 2.04 bits per heavy atom. The van der Waals surface area contributed by atoms with E-state index in [4.69, 9.17) is 4.74 Å². The van der Waals surface area contributed by atoms with E-state index in [1.807, 2.05) is 6.92 Å². The maximum atomic E-state index is 12.4. The van der Waals surface area contributed by atoms with Crippen molar-refractivity contribution in [3.05, 3.63) is 10.6 Å². The molecule has 1 fully saturated rings. The molecule has 2 aliphatic rings. The molecule has 26 heavy (non-hydrogen) atoms. The van der Waals surface area contributed by atoms with Gasteiger partial charge in [-0.2, -0.15) is 0 Å². The number of amides is 2. The summed E-state index contributed by atoms with van der Waals surface area (Å²) in [5.41, 5.74) is 0.629. The highest BCUT2D eigenvalue weighted by molar-refractivity contribution is 7.17. The predicted octanol–water partition coefficient (Wildman–Crippen LogP) is 2.17. The van der Waals surface area contributed by atoms with Gasteiger partial charge in [-0.25, -0.2) is 4.98 Å². The van der Waals surface area contributed by atoms with Crippen molar-refractivity contribution in [3.63, 3.8) is 0 Å². The molecule has 1 atom stereocenters. The number of fused-ring (bicyclic) bond motifs is 1. The summed E-state index contributed by atoms with van der Waals surface area (Å²) in [6.07, 6.45) is 4.31. The Balaban J connectivity index is 1.54. The lowest BCUT2D eigenvalue weighted by Gasteiger charge is -2.23. The largest absolute Gasteiger partial charge is 0.382 e. The second-order valence-electron chi connectivity index (χ2n) is 6.78. The third-order valence-electron chi connectivity index (χ3n) is 4.87. The third-order valence-corrected chi connectivity index (χ3v) is 5.92. The van der Waals surface area contributed by atoms with E-state index in [1.165, 1.54) is 11.3 Å². The van der Waals surface area contributed by atoms with Gasteiger partial charge >= 0.3 is 0 Å². The van der Waals surface area contributed by atoms with Crippen molar-refractivity contribution in [3.8, 4) is 0 Å². The molecule has 7 nitrogen and oxygen atoms in total. The maximum absolute atomic E-state index is 12.4. The fourth-order valence-corrected chi connectivity index (χ4v) is 4.07. The minimum atomic E-state index is -0.389. The number of nitrogens with zero attached hydrogens (tertiary/aromatic N) is 1. The number of carbonyl (C=O) groups is 3. The predicted molar refractivity (Wildman–Crippen MR) is 98.3 cm³/mol. The monoisotopic (exact) mass is 379 g/mol. The van der Waals surface area contributed by atoms with Gasteiger partial charge in [0.05, 0.1) is 16.5 Å². The summed E-state index contributed by atoms with van der Waals surface area (Å²) in [6, 6.07) is 0. The number of hydrogen-bond acceptors (Lipinski definition) is 6. The first-order valence-corrected chi connectivity index (χ1v) is 10.1. The molecule has 1 aromatic heterocycles. The highest BCUT2D eigenvalue weighted by Crippen LogP contribution is 2.34. The van der Waals surface area contributed by atoms with Crippen LogP contribution in [0, 0.1) is 11.8 Å². The zero-order chi connectivity index (χ0) is 18.5. The van der Waals surface area contributed by atoms with Crippen LogP contribution in [0.4, 0.5) is 5.13 Å². The fourth-order valence-electron chi connectivity index (χ4n) is 3.12. The van der Waals surface area contributed by atoms with Gasteiger partial charge in [-0.05, 0) is 26.2 Å².